The van der Waals surface area contributed by atoms with Gasteiger partial charge in [-0.2, -0.15) is 4.57 Å². The van der Waals surface area contributed by atoms with Gasteiger partial charge in [-0.25, -0.2) is 4.79 Å². The second kappa shape index (κ2) is 9.19. The topological polar surface area (TPSA) is 30.2 Å². The molecule has 0 fully saturated rings. The molecule has 4 rings (SSSR count). The minimum atomic E-state index is -0.307. The molecule has 30 heavy (non-hydrogen) atoms. The minimum Gasteiger partial charge on any atom is -0.462 e. The van der Waals surface area contributed by atoms with Crippen LogP contribution in [0.25, 0.3) is 22.5 Å². The van der Waals surface area contributed by atoms with E-state index < -0.39 is 0 Å². The van der Waals surface area contributed by atoms with Crippen molar-refractivity contribution in [3.05, 3.63) is 114 Å². The van der Waals surface area contributed by atoms with Gasteiger partial charge in [-0.3, -0.25) is 0 Å². The van der Waals surface area contributed by atoms with Gasteiger partial charge in [-0.05, 0) is 31.2 Å². The van der Waals surface area contributed by atoms with Crippen LogP contribution < -0.4 is 4.57 Å². The van der Waals surface area contributed by atoms with Crippen LogP contribution in [0.5, 0.6) is 0 Å². The van der Waals surface area contributed by atoms with E-state index in [2.05, 4.69) is 41.0 Å². The Morgan fingerprint density at radius 3 is 1.67 bits per heavy atom. The van der Waals surface area contributed by atoms with Gasteiger partial charge in [0, 0.05) is 28.8 Å². The van der Waals surface area contributed by atoms with E-state index in [1.165, 1.54) is 5.56 Å². The summed E-state index contributed by atoms with van der Waals surface area (Å²) in [5, 5.41) is 0. The van der Waals surface area contributed by atoms with Crippen molar-refractivity contribution in [1.82, 2.24) is 0 Å². The monoisotopic (exact) mass is 394 g/mol. The van der Waals surface area contributed by atoms with Gasteiger partial charge in [-0.15, -0.1) is 0 Å². The van der Waals surface area contributed by atoms with E-state index in [4.69, 9.17) is 4.74 Å². The highest BCUT2D eigenvalue weighted by Gasteiger charge is 2.25. The maximum atomic E-state index is 12.6. The van der Waals surface area contributed by atoms with Crippen molar-refractivity contribution in [1.29, 1.82) is 0 Å². The standard InChI is InChI=1S/C27H24NO2/c1-2-30-27(29)24-18-25(22-14-8-4-9-15-22)28(20-21-12-6-3-7-13-21)26(19-24)23-16-10-5-11-17-23/h3-19H,2,20H2,1H3/q+1. The average Bonchev–Trinajstić information content (AvgIpc) is 2.81. The Morgan fingerprint density at radius 1 is 0.733 bits per heavy atom. The molecule has 0 aliphatic carbocycles. The molecule has 0 N–H and O–H groups in total. The fraction of sp³-hybridized carbons (Fsp3) is 0.111. The lowest BCUT2D eigenvalue weighted by atomic mass is 10.0. The fourth-order valence-corrected chi connectivity index (χ4v) is 3.59. The second-order valence-corrected chi connectivity index (χ2v) is 7.04. The first-order chi connectivity index (χ1) is 14.8. The maximum absolute atomic E-state index is 12.6. The molecule has 0 aliphatic rings. The number of carbonyl (C=O) groups excluding carboxylic acids is 1. The molecular weight excluding hydrogens is 370 g/mol. The van der Waals surface area contributed by atoms with Crippen molar-refractivity contribution < 1.29 is 14.1 Å². The predicted octanol–water partition coefficient (Wildman–Crippen LogP) is 5.53. The van der Waals surface area contributed by atoms with Gasteiger partial charge in [0.15, 0.2) is 6.54 Å². The molecule has 0 radical (unpaired) electrons. The molecule has 0 atom stereocenters. The Balaban J connectivity index is 1.97. The lowest BCUT2D eigenvalue weighted by Crippen LogP contribution is -2.40. The number of esters is 1. The van der Waals surface area contributed by atoms with Crippen LogP contribution in [0.4, 0.5) is 0 Å². The number of carbonyl (C=O) groups is 1. The number of ether oxygens (including phenoxy) is 1. The van der Waals surface area contributed by atoms with Crippen LogP contribution in [0.1, 0.15) is 22.8 Å². The van der Waals surface area contributed by atoms with Gasteiger partial charge in [0.25, 0.3) is 0 Å². The number of aromatic nitrogens is 1. The largest absolute Gasteiger partial charge is 0.462 e. The van der Waals surface area contributed by atoms with Crippen molar-refractivity contribution in [3.63, 3.8) is 0 Å². The number of benzene rings is 3. The third-order valence-corrected chi connectivity index (χ3v) is 5.00. The van der Waals surface area contributed by atoms with Crippen LogP contribution in [0, 0.1) is 0 Å². The number of pyridine rings is 1. The van der Waals surface area contributed by atoms with Crippen molar-refractivity contribution in [2.24, 2.45) is 0 Å². The van der Waals surface area contributed by atoms with Gasteiger partial charge < -0.3 is 4.74 Å². The van der Waals surface area contributed by atoms with Crippen molar-refractivity contribution >= 4 is 5.97 Å². The first-order valence-corrected chi connectivity index (χ1v) is 10.2. The fourth-order valence-electron chi connectivity index (χ4n) is 3.59. The molecule has 0 spiro atoms. The van der Waals surface area contributed by atoms with Gasteiger partial charge in [0.2, 0.25) is 11.4 Å². The first-order valence-electron chi connectivity index (χ1n) is 10.2. The molecule has 1 aromatic heterocycles. The molecule has 0 aliphatic heterocycles. The Labute approximate surface area is 177 Å². The van der Waals surface area contributed by atoms with Crippen LogP contribution in [-0.2, 0) is 11.3 Å². The Morgan fingerprint density at radius 2 is 1.20 bits per heavy atom. The van der Waals surface area contributed by atoms with Crippen LogP contribution in [0.3, 0.4) is 0 Å². The Hall–Kier alpha value is -3.72. The summed E-state index contributed by atoms with van der Waals surface area (Å²) < 4.78 is 7.59. The molecular formula is C27H24NO2+. The highest BCUT2D eigenvalue weighted by molar-refractivity contribution is 5.91. The van der Waals surface area contributed by atoms with Crippen LogP contribution in [0.15, 0.2) is 103 Å². The number of rotatable bonds is 6. The van der Waals surface area contributed by atoms with E-state index in [1.54, 1.807) is 0 Å². The summed E-state index contributed by atoms with van der Waals surface area (Å²) in [6.45, 7) is 2.87. The lowest BCUT2D eigenvalue weighted by molar-refractivity contribution is -0.666. The molecule has 0 unspecified atom stereocenters. The predicted molar refractivity (Wildman–Crippen MR) is 119 cm³/mol. The molecule has 3 nitrogen and oxygen atoms in total. The second-order valence-electron chi connectivity index (χ2n) is 7.04. The van der Waals surface area contributed by atoms with Crippen molar-refractivity contribution in [2.75, 3.05) is 6.61 Å². The molecule has 4 aromatic rings. The van der Waals surface area contributed by atoms with E-state index in [-0.39, 0.29) is 5.97 Å². The quantitative estimate of drug-likeness (QED) is 0.318. The molecule has 3 heteroatoms. The summed E-state index contributed by atoms with van der Waals surface area (Å²) in [6.07, 6.45) is 0. The molecule has 1 heterocycles. The SMILES string of the molecule is CCOC(=O)c1cc(-c2ccccc2)[n+](Cc2ccccc2)c(-c2ccccc2)c1. The van der Waals surface area contributed by atoms with Gasteiger partial charge in [-0.1, -0.05) is 66.7 Å². The lowest BCUT2D eigenvalue weighted by Gasteiger charge is -2.12. The summed E-state index contributed by atoms with van der Waals surface area (Å²) in [5.41, 5.74) is 5.81. The van der Waals surface area contributed by atoms with Gasteiger partial charge in [0.1, 0.15) is 0 Å². The first kappa shape index (κ1) is 19.6. The minimum absolute atomic E-state index is 0.307. The summed E-state index contributed by atoms with van der Waals surface area (Å²) in [4.78, 5) is 12.6. The van der Waals surface area contributed by atoms with Gasteiger partial charge in [0.05, 0.1) is 12.2 Å². The third-order valence-electron chi connectivity index (χ3n) is 5.00. The molecule has 3 aromatic carbocycles. The third kappa shape index (κ3) is 4.31. The maximum Gasteiger partial charge on any atom is 0.338 e. The van der Waals surface area contributed by atoms with Crippen molar-refractivity contribution in [2.45, 2.75) is 13.5 Å². The normalized spacial score (nSPS) is 10.6. The van der Waals surface area contributed by atoms with Crippen LogP contribution >= 0.6 is 0 Å². The summed E-state index contributed by atoms with van der Waals surface area (Å²) >= 11 is 0. The zero-order valence-electron chi connectivity index (χ0n) is 17.0. The van der Waals surface area contributed by atoms with Gasteiger partial charge >= 0.3 is 5.97 Å². The zero-order chi connectivity index (χ0) is 20.8. The molecule has 0 saturated heterocycles. The van der Waals surface area contributed by atoms with E-state index in [0.29, 0.717) is 18.7 Å². The highest BCUT2D eigenvalue weighted by atomic mass is 16.5. The number of hydrogen-bond acceptors (Lipinski definition) is 2. The Bertz CT molecular complexity index is 1060. The number of nitrogens with zero attached hydrogens (tertiary/aromatic N) is 1. The molecule has 0 bridgehead atoms. The summed E-state index contributed by atoms with van der Waals surface area (Å²) in [7, 11) is 0. The molecule has 0 amide bonds. The summed E-state index contributed by atoms with van der Waals surface area (Å²) in [6, 6.07) is 34.6. The zero-order valence-corrected chi connectivity index (χ0v) is 17.0. The molecule has 148 valence electrons. The van der Waals surface area contributed by atoms with Crippen LogP contribution in [0.2, 0.25) is 0 Å². The molecule has 0 saturated carbocycles. The van der Waals surface area contributed by atoms with E-state index >= 15 is 0 Å². The van der Waals surface area contributed by atoms with Crippen LogP contribution in [-0.4, -0.2) is 12.6 Å². The number of hydrogen-bond donors (Lipinski definition) is 0. The summed E-state index contributed by atoms with van der Waals surface area (Å²) in [5.74, 6) is -0.307. The highest BCUT2D eigenvalue weighted by Crippen LogP contribution is 2.24. The van der Waals surface area contributed by atoms with Crippen molar-refractivity contribution in [3.8, 4) is 22.5 Å². The average molecular weight is 394 g/mol. The van der Waals surface area contributed by atoms with E-state index in [0.717, 1.165) is 22.5 Å². The van der Waals surface area contributed by atoms with E-state index in [9.17, 15) is 4.79 Å². The smallest absolute Gasteiger partial charge is 0.338 e. The van der Waals surface area contributed by atoms with E-state index in [1.807, 2.05) is 73.7 Å². The Kier molecular flexibility index (Phi) is 6.00.